The van der Waals surface area contributed by atoms with Crippen molar-refractivity contribution in [1.29, 1.82) is 0 Å². The van der Waals surface area contributed by atoms with Crippen LogP contribution in [0.2, 0.25) is 5.02 Å². The Balaban J connectivity index is 1.79. The normalized spacial score (nSPS) is 12.2. The van der Waals surface area contributed by atoms with Gasteiger partial charge >= 0.3 is 0 Å². The molecule has 0 saturated carbocycles. The van der Waals surface area contributed by atoms with E-state index in [-0.39, 0.29) is 23.4 Å². The van der Waals surface area contributed by atoms with Gasteiger partial charge in [0.15, 0.2) is 0 Å². The number of aryl methyl sites for hydroxylation is 3. The molecule has 1 atom stereocenters. The fourth-order valence-corrected chi connectivity index (χ4v) is 5.02. The van der Waals surface area contributed by atoms with Crippen LogP contribution < -0.4 is 9.62 Å². The van der Waals surface area contributed by atoms with Crippen molar-refractivity contribution in [3.8, 4) is 0 Å². The molecule has 33 heavy (non-hydrogen) atoms. The third-order valence-electron chi connectivity index (χ3n) is 5.58. The molecule has 0 aliphatic heterocycles. The highest BCUT2D eigenvalue weighted by Gasteiger charge is 2.28. The predicted molar refractivity (Wildman–Crippen MR) is 134 cm³/mol. The Morgan fingerprint density at radius 1 is 0.970 bits per heavy atom. The number of hydrogen-bond acceptors (Lipinski definition) is 3. The van der Waals surface area contributed by atoms with Crippen LogP contribution in [0.15, 0.2) is 77.7 Å². The van der Waals surface area contributed by atoms with E-state index >= 15 is 0 Å². The minimum Gasteiger partial charge on any atom is -0.352 e. The first kappa shape index (κ1) is 24.8. The van der Waals surface area contributed by atoms with Crippen molar-refractivity contribution in [2.75, 3.05) is 10.8 Å². The Kier molecular flexibility index (Phi) is 8.16. The summed E-state index contributed by atoms with van der Waals surface area (Å²) in [5.41, 5.74) is 3.63. The summed E-state index contributed by atoms with van der Waals surface area (Å²) in [6.07, 6.45) is 1.58. The van der Waals surface area contributed by atoms with E-state index in [0.717, 1.165) is 28.3 Å². The summed E-state index contributed by atoms with van der Waals surface area (Å²) in [6.45, 7) is 5.48. The van der Waals surface area contributed by atoms with E-state index in [9.17, 15) is 13.2 Å². The van der Waals surface area contributed by atoms with Gasteiger partial charge in [0.1, 0.15) is 6.54 Å². The summed E-state index contributed by atoms with van der Waals surface area (Å²) < 4.78 is 28.1. The van der Waals surface area contributed by atoms with Crippen molar-refractivity contribution in [1.82, 2.24) is 5.32 Å². The number of carbonyl (C=O) groups excluding carboxylic acids is 1. The fraction of sp³-hybridized carbons (Fsp3) is 0.269. The Labute approximate surface area is 201 Å². The molecule has 1 amide bonds. The highest BCUT2D eigenvalue weighted by molar-refractivity contribution is 7.92. The fourth-order valence-electron chi connectivity index (χ4n) is 3.48. The van der Waals surface area contributed by atoms with Gasteiger partial charge in [0.25, 0.3) is 10.0 Å². The lowest BCUT2D eigenvalue weighted by molar-refractivity contribution is -0.120. The maximum atomic E-state index is 13.5. The SMILES string of the molecule is Cc1ccc(N(CC(=O)N[C@@H](C)CCc2ccccc2)S(=O)(=O)c2ccc(Cl)cc2)cc1C. The van der Waals surface area contributed by atoms with Gasteiger partial charge in [0, 0.05) is 11.1 Å². The standard InChI is InChI=1S/C26H29ClN2O3S/c1-19-9-14-24(17-20(19)2)29(33(31,32)25-15-12-23(27)13-16-25)18-26(30)28-21(3)10-11-22-7-5-4-6-8-22/h4-9,12-17,21H,10-11,18H2,1-3H3,(H,28,30)/t21-/m0/s1. The number of sulfonamides is 1. The van der Waals surface area contributed by atoms with Crippen LogP contribution in [0.5, 0.6) is 0 Å². The molecule has 0 heterocycles. The second-order valence-corrected chi connectivity index (χ2v) is 10.5. The maximum Gasteiger partial charge on any atom is 0.264 e. The molecule has 7 heteroatoms. The van der Waals surface area contributed by atoms with Crippen molar-refractivity contribution in [2.45, 2.75) is 44.6 Å². The molecule has 1 N–H and O–H groups in total. The van der Waals surface area contributed by atoms with Crippen LogP contribution in [0.3, 0.4) is 0 Å². The lowest BCUT2D eigenvalue weighted by Crippen LogP contribution is -2.43. The number of carbonyl (C=O) groups is 1. The van der Waals surface area contributed by atoms with E-state index in [1.54, 1.807) is 12.1 Å². The van der Waals surface area contributed by atoms with Crippen LogP contribution in [-0.4, -0.2) is 26.9 Å². The van der Waals surface area contributed by atoms with Crippen LogP contribution in [0.25, 0.3) is 0 Å². The van der Waals surface area contributed by atoms with Crippen molar-refractivity contribution in [3.63, 3.8) is 0 Å². The number of rotatable bonds is 9. The van der Waals surface area contributed by atoms with Gasteiger partial charge in [-0.2, -0.15) is 0 Å². The van der Waals surface area contributed by atoms with Gasteiger partial charge in [-0.25, -0.2) is 8.42 Å². The number of amides is 1. The third-order valence-corrected chi connectivity index (χ3v) is 7.62. The van der Waals surface area contributed by atoms with Crippen molar-refractivity contribution >= 4 is 33.2 Å². The first-order valence-electron chi connectivity index (χ1n) is 10.9. The van der Waals surface area contributed by atoms with E-state index < -0.39 is 10.0 Å². The van der Waals surface area contributed by atoms with E-state index in [2.05, 4.69) is 17.4 Å². The summed E-state index contributed by atoms with van der Waals surface area (Å²) in [5, 5.41) is 3.38. The monoisotopic (exact) mass is 484 g/mol. The molecule has 0 aliphatic carbocycles. The largest absolute Gasteiger partial charge is 0.352 e. The molecule has 0 radical (unpaired) electrons. The van der Waals surface area contributed by atoms with Crippen molar-refractivity contribution in [3.05, 3.63) is 94.5 Å². The van der Waals surface area contributed by atoms with Crippen LogP contribution in [-0.2, 0) is 21.2 Å². The van der Waals surface area contributed by atoms with Gasteiger partial charge in [0.05, 0.1) is 10.6 Å². The van der Waals surface area contributed by atoms with Crippen LogP contribution in [0, 0.1) is 13.8 Å². The molecule has 0 aromatic heterocycles. The van der Waals surface area contributed by atoms with E-state index in [1.165, 1.54) is 29.8 Å². The molecular formula is C26H29ClN2O3S. The van der Waals surface area contributed by atoms with Gasteiger partial charge in [-0.1, -0.05) is 48.0 Å². The summed E-state index contributed by atoms with van der Waals surface area (Å²) in [6, 6.07) is 21.3. The summed E-state index contributed by atoms with van der Waals surface area (Å²) in [4.78, 5) is 13.0. The molecule has 5 nitrogen and oxygen atoms in total. The van der Waals surface area contributed by atoms with Gasteiger partial charge < -0.3 is 5.32 Å². The van der Waals surface area contributed by atoms with Crippen molar-refractivity contribution in [2.24, 2.45) is 0 Å². The minimum atomic E-state index is -3.97. The number of nitrogens with one attached hydrogen (secondary N) is 1. The molecule has 3 aromatic rings. The van der Waals surface area contributed by atoms with Crippen molar-refractivity contribution < 1.29 is 13.2 Å². The molecule has 0 aliphatic rings. The zero-order valence-electron chi connectivity index (χ0n) is 19.1. The topological polar surface area (TPSA) is 66.5 Å². The van der Waals surface area contributed by atoms with E-state index in [1.807, 2.05) is 45.0 Å². The maximum absolute atomic E-state index is 13.5. The second-order valence-electron chi connectivity index (χ2n) is 8.23. The number of hydrogen-bond donors (Lipinski definition) is 1. The Morgan fingerprint density at radius 3 is 2.27 bits per heavy atom. The first-order chi connectivity index (χ1) is 15.7. The highest BCUT2D eigenvalue weighted by atomic mass is 35.5. The van der Waals surface area contributed by atoms with E-state index in [0.29, 0.717) is 10.7 Å². The first-order valence-corrected chi connectivity index (χ1v) is 12.7. The lowest BCUT2D eigenvalue weighted by atomic mass is 10.1. The molecule has 3 rings (SSSR count). The number of benzene rings is 3. The Morgan fingerprint density at radius 2 is 1.64 bits per heavy atom. The smallest absolute Gasteiger partial charge is 0.264 e. The number of anilines is 1. The van der Waals surface area contributed by atoms with Crippen LogP contribution in [0.4, 0.5) is 5.69 Å². The van der Waals surface area contributed by atoms with Gasteiger partial charge in [-0.15, -0.1) is 0 Å². The molecule has 0 fully saturated rings. The average Bonchev–Trinajstić information content (AvgIpc) is 2.79. The predicted octanol–water partition coefficient (Wildman–Crippen LogP) is 5.29. The summed E-state index contributed by atoms with van der Waals surface area (Å²) >= 11 is 5.94. The molecule has 0 saturated heterocycles. The second kappa shape index (κ2) is 10.9. The lowest BCUT2D eigenvalue weighted by Gasteiger charge is -2.25. The highest BCUT2D eigenvalue weighted by Crippen LogP contribution is 2.26. The molecule has 174 valence electrons. The Bertz CT molecular complexity index is 1200. The van der Waals surface area contributed by atoms with Gasteiger partial charge in [-0.3, -0.25) is 9.10 Å². The summed E-state index contributed by atoms with van der Waals surface area (Å²) in [7, 11) is -3.97. The molecule has 0 unspecified atom stereocenters. The van der Waals surface area contributed by atoms with Crippen LogP contribution >= 0.6 is 11.6 Å². The zero-order chi connectivity index (χ0) is 24.0. The quantitative estimate of drug-likeness (QED) is 0.448. The molecule has 0 bridgehead atoms. The third kappa shape index (κ3) is 6.59. The average molecular weight is 485 g/mol. The summed E-state index contributed by atoms with van der Waals surface area (Å²) in [5.74, 6) is -0.355. The molecular weight excluding hydrogens is 456 g/mol. The van der Waals surface area contributed by atoms with Crippen LogP contribution in [0.1, 0.15) is 30.0 Å². The van der Waals surface area contributed by atoms with Gasteiger partial charge in [-0.05, 0) is 86.7 Å². The minimum absolute atomic E-state index is 0.0788. The van der Waals surface area contributed by atoms with Gasteiger partial charge in [0.2, 0.25) is 5.91 Å². The Hall–Kier alpha value is -2.83. The molecule has 3 aromatic carbocycles. The molecule has 0 spiro atoms. The number of halogens is 1. The number of nitrogens with zero attached hydrogens (tertiary/aromatic N) is 1. The zero-order valence-corrected chi connectivity index (χ0v) is 20.7. The van der Waals surface area contributed by atoms with E-state index in [4.69, 9.17) is 11.6 Å².